The van der Waals surface area contributed by atoms with Crippen LogP contribution in [-0.4, -0.2) is 0 Å². The Morgan fingerprint density at radius 3 is 2.71 bits per heavy atom. The Kier molecular flexibility index (Phi) is 6.39. The second-order valence-electron chi connectivity index (χ2n) is 3.19. The molecule has 0 aromatic carbocycles. The van der Waals surface area contributed by atoms with Gasteiger partial charge in [0.05, 0.1) is 0 Å². The van der Waals surface area contributed by atoms with Gasteiger partial charge >= 0.3 is 0 Å². The number of allylic oxidation sites excluding steroid dienone is 10. The summed E-state index contributed by atoms with van der Waals surface area (Å²) >= 11 is 0. The highest BCUT2D eigenvalue weighted by Crippen LogP contribution is 2.00. The third-order valence-corrected chi connectivity index (χ3v) is 1.95. The van der Waals surface area contributed by atoms with E-state index in [4.69, 9.17) is 0 Å². The topological polar surface area (TPSA) is 0 Å². The van der Waals surface area contributed by atoms with Crippen LogP contribution in [-0.2, 0) is 0 Å². The maximum atomic E-state index is 3.08. The summed E-state index contributed by atoms with van der Waals surface area (Å²) in [6.07, 6.45) is 26.5. The molecule has 0 aromatic heterocycles. The van der Waals surface area contributed by atoms with Gasteiger partial charge in [0.1, 0.15) is 0 Å². The number of hydrogen-bond donors (Lipinski definition) is 0. The van der Waals surface area contributed by atoms with E-state index in [9.17, 15) is 0 Å². The van der Waals surface area contributed by atoms with Crippen molar-refractivity contribution in [1.82, 2.24) is 0 Å². The molecule has 0 bridgehead atoms. The predicted octanol–water partition coefficient (Wildman–Crippen LogP) is 4.14. The number of hydrogen-bond acceptors (Lipinski definition) is 0. The molecule has 1 aliphatic carbocycles. The van der Waals surface area contributed by atoms with Crippen molar-refractivity contribution in [2.75, 3.05) is 0 Å². The summed E-state index contributed by atoms with van der Waals surface area (Å²) in [6.45, 7) is 0. The van der Waals surface area contributed by atoms with Crippen LogP contribution in [0, 0.1) is 6.08 Å². The first-order chi connectivity index (χ1) is 7.00. The highest BCUT2D eigenvalue weighted by atomic mass is 13.9. The van der Waals surface area contributed by atoms with Crippen molar-refractivity contribution in [3.63, 3.8) is 0 Å². The zero-order chi connectivity index (χ0) is 9.90. The molecule has 0 amide bonds. The van der Waals surface area contributed by atoms with E-state index >= 15 is 0 Å². The van der Waals surface area contributed by atoms with Crippen LogP contribution in [0.4, 0.5) is 0 Å². The Morgan fingerprint density at radius 1 is 0.786 bits per heavy atom. The zero-order valence-corrected chi connectivity index (χ0v) is 8.52. The Labute approximate surface area is 87.0 Å². The molecule has 0 spiro atoms. The van der Waals surface area contributed by atoms with Crippen molar-refractivity contribution in [3.05, 3.63) is 60.8 Å². The first-order valence-corrected chi connectivity index (χ1v) is 5.21. The molecule has 0 unspecified atom stereocenters. The molecule has 0 saturated carbocycles. The van der Waals surface area contributed by atoms with Crippen LogP contribution >= 0.6 is 0 Å². The Morgan fingerprint density at radius 2 is 1.71 bits per heavy atom. The minimum Gasteiger partial charge on any atom is -0.0882 e. The molecule has 1 aliphatic rings. The van der Waals surface area contributed by atoms with Crippen molar-refractivity contribution < 1.29 is 0 Å². The van der Waals surface area contributed by atoms with Crippen LogP contribution in [0.1, 0.15) is 25.7 Å². The minimum atomic E-state index is 1.01. The molecular weight excluding hydrogens is 168 g/mol. The van der Waals surface area contributed by atoms with Gasteiger partial charge in [-0.15, -0.1) is 0 Å². The van der Waals surface area contributed by atoms with Gasteiger partial charge in [-0.3, -0.25) is 0 Å². The van der Waals surface area contributed by atoms with Crippen molar-refractivity contribution >= 4 is 0 Å². The molecule has 1 rings (SSSR count). The van der Waals surface area contributed by atoms with Gasteiger partial charge in [-0.1, -0.05) is 54.7 Å². The number of rotatable bonds is 0. The van der Waals surface area contributed by atoms with Gasteiger partial charge in [0.2, 0.25) is 0 Å². The van der Waals surface area contributed by atoms with Crippen LogP contribution in [0.3, 0.4) is 0 Å². The zero-order valence-electron chi connectivity index (χ0n) is 8.52. The van der Waals surface area contributed by atoms with Gasteiger partial charge in [-0.25, -0.2) is 0 Å². The van der Waals surface area contributed by atoms with Crippen molar-refractivity contribution in [2.24, 2.45) is 0 Å². The predicted molar refractivity (Wildman–Crippen MR) is 62.8 cm³/mol. The smallest absolute Gasteiger partial charge is 0.0166 e. The van der Waals surface area contributed by atoms with E-state index in [1.807, 2.05) is 24.3 Å². The summed E-state index contributed by atoms with van der Waals surface area (Å²) in [5.41, 5.74) is 0. The van der Waals surface area contributed by atoms with E-state index in [0.717, 1.165) is 12.8 Å². The average molecular weight is 185 g/mol. The van der Waals surface area contributed by atoms with Crippen LogP contribution < -0.4 is 0 Å². The molecule has 0 heteroatoms. The van der Waals surface area contributed by atoms with Gasteiger partial charge in [-0.05, 0) is 31.8 Å². The SMILES string of the molecule is [C]1=C/C=C\C=C\CCC/C=C\C\C=C/1. The molecule has 0 atom stereocenters. The van der Waals surface area contributed by atoms with E-state index in [-0.39, 0.29) is 0 Å². The third kappa shape index (κ3) is 6.24. The lowest BCUT2D eigenvalue weighted by molar-refractivity contribution is 0.866. The quantitative estimate of drug-likeness (QED) is 0.497. The summed E-state index contributed by atoms with van der Waals surface area (Å²) in [4.78, 5) is 0. The fourth-order valence-electron chi connectivity index (χ4n) is 1.19. The lowest BCUT2D eigenvalue weighted by atomic mass is 10.2. The summed E-state index contributed by atoms with van der Waals surface area (Å²) in [5.74, 6) is 0. The van der Waals surface area contributed by atoms with Crippen LogP contribution in [0.2, 0.25) is 0 Å². The fraction of sp³-hybridized carbons (Fsp3) is 0.286. The molecule has 1 radical (unpaired) electrons. The lowest BCUT2D eigenvalue weighted by Crippen LogP contribution is -1.69. The fourth-order valence-corrected chi connectivity index (χ4v) is 1.19. The second kappa shape index (κ2) is 8.31. The van der Waals surface area contributed by atoms with Gasteiger partial charge in [0, 0.05) is 0 Å². The van der Waals surface area contributed by atoms with E-state index in [1.165, 1.54) is 12.8 Å². The van der Waals surface area contributed by atoms with E-state index in [0.29, 0.717) is 0 Å². The first-order valence-electron chi connectivity index (χ1n) is 5.21. The van der Waals surface area contributed by atoms with E-state index in [1.54, 1.807) is 0 Å². The van der Waals surface area contributed by atoms with Crippen molar-refractivity contribution in [1.29, 1.82) is 0 Å². The molecule has 0 saturated heterocycles. The molecule has 14 heavy (non-hydrogen) atoms. The molecule has 0 fully saturated rings. The molecule has 0 aromatic rings. The molecule has 73 valence electrons. The highest BCUT2D eigenvalue weighted by Gasteiger charge is 1.79. The molecule has 0 heterocycles. The monoisotopic (exact) mass is 185 g/mol. The highest BCUT2D eigenvalue weighted by molar-refractivity contribution is 5.12. The molecule has 0 aliphatic heterocycles. The maximum absolute atomic E-state index is 3.08. The van der Waals surface area contributed by atoms with Gasteiger partial charge in [0.25, 0.3) is 0 Å². The summed E-state index contributed by atoms with van der Waals surface area (Å²) in [5, 5.41) is 0. The second-order valence-corrected chi connectivity index (χ2v) is 3.19. The van der Waals surface area contributed by atoms with Gasteiger partial charge in [0.15, 0.2) is 0 Å². The summed E-state index contributed by atoms with van der Waals surface area (Å²) in [7, 11) is 0. The lowest BCUT2D eigenvalue weighted by Gasteiger charge is -1.89. The Hall–Kier alpha value is -1.30. The van der Waals surface area contributed by atoms with Crippen LogP contribution in [0.15, 0.2) is 54.7 Å². The maximum Gasteiger partial charge on any atom is -0.0166 e. The molecular formula is C14H17. The normalized spacial score (nSPS) is 29.7. The Bertz CT molecular complexity index is 262. The standard InChI is InChI=1S/C14H17/c1-2-4-6-8-10-12-14-13-11-9-7-5-3-1/h1-5,9,11-12,14H,6,8,10,13H2/b3-1-,4-2+,7-5?,11-9-,14-12-. The van der Waals surface area contributed by atoms with Gasteiger partial charge < -0.3 is 0 Å². The van der Waals surface area contributed by atoms with Crippen molar-refractivity contribution in [2.45, 2.75) is 25.7 Å². The molecule has 0 N–H and O–H groups in total. The third-order valence-electron chi connectivity index (χ3n) is 1.95. The largest absolute Gasteiger partial charge is 0.0882 e. The molecule has 0 nitrogen and oxygen atoms in total. The van der Waals surface area contributed by atoms with Crippen molar-refractivity contribution in [3.8, 4) is 0 Å². The van der Waals surface area contributed by atoms with E-state index < -0.39 is 0 Å². The van der Waals surface area contributed by atoms with Crippen LogP contribution in [0.5, 0.6) is 0 Å². The van der Waals surface area contributed by atoms with E-state index in [2.05, 4.69) is 36.5 Å². The Balaban J connectivity index is 2.46. The summed E-state index contributed by atoms with van der Waals surface area (Å²) in [6, 6.07) is 0. The average Bonchev–Trinajstić information content (AvgIpc) is 2.22. The van der Waals surface area contributed by atoms with Crippen LogP contribution in [0.25, 0.3) is 0 Å². The minimum absolute atomic E-state index is 1.01. The van der Waals surface area contributed by atoms with Gasteiger partial charge in [-0.2, -0.15) is 0 Å². The summed E-state index contributed by atoms with van der Waals surface area (Å²) < 4.78 is 0. The first kappa shape index (κ1) is 10.8.